The molecule has 30 heavy (non-hydrogen) atoms. The van der Waals surface area contributed by atoms with Gasteiger partial charge in [0.15, 0.2) is 9.84 Å². The first kappa shape index (κ1) is 20.4. The van der Waals surface area contributed by atoms with Crippen molar-refractivity contribution in [2.45, 2.75) is 25.3 Å². The van der Waals surface area contributed by atoms with E-state index in [4.69, 9.17) is 4.74 Å². The summed E-state index contributed by atoms with van der Waals surface area (Å²) in [6.07, 6.45) is 0.412. The van der Waals surface area contributed by atoms with Crippen LogP contribution in [0.5, 0.6) is 11.5 Å². The Hall–Kier alpha value is -2.87. The molecule has 1 fully saturated rings. The van der Waals surface area contributed by atoms with Gasteiger partial charge in [-0.2, -0.15) is 0 Å². The first-order valence-electron chi connectivity index (χ1n) is 10.0. The van der Waals surface area contributed by atoms with E-state index in [0.717, 1.165) is 11.1 Å². The van der Waals surface area contributed by atoms with Gasteiger partial charge in [-0.25, -0.2) is 8.42 Å². The van der Waals surface area contributed by atoms with Gasteiger partial charge in [0.05, 0.1) is 24.0 Å². The fourth-order valence-electron chi connectivity index (χ4n) is 4.06. The Bertz CT molecular complexity index is 1040. The summed E-state index contributed by atoms with van der Waals surface area (Å²) in [7, 11) is -3.08. The maximum Gasteiger partial charge on any atom is 0.239 e. The number of amides is 2. The Morgan fingerprint density at radius 1 is 1.07 bits per heavy atom. The number of sulfone groups is 1. The molecule has 1 N–H and O–H groups in total. The van der Waals surface area contributed by atoms with Crippen LogP contribution in [0.2, 0.25) is 0 Å². The Morgan fingerprint density at radius 2 is 1.67 bits per heavy atom. The molecule has 2 aliphatic rings. The van der Waals surface area contributed by atoms with E-state index in [1.165, 1.54) is 4.90 Å². The lowest BCUT2D eigenvalue weighted by Gasteiger charge is -2.31. The Labute approximate surface area is 175 Å². The third-order valence-corrected chi connectivity index (χ3v) is 7.32. The third-order valence-electron chi connectivity index (χ3n) is 5.55. The van der Waals surface area contributed by atoms with Gasteiger partial charge >= 0.3 is 0 Å². The number of hydrogen-bond acceptors (Lipinski definition) is 5. The summed E-state index contributed by atoms with van der Waals surface area (Å²) in [5.41, 5.74) is 1.53. The molecule has 2 aliphatic heterocycles. The van der Waals surface area contributed by atoms with Gasteiger partial charge in [-0.3, -0.25) is 9.59 Å². The van der Waals surface area contributed by atoms with Crippen LogP contribution >= 0.6 is 0 Å². The summed E-state index contributed by atoms with van der Waals surface area (Å²) in [5, 5.41) is 2.76. The first-order chi connectivity index (χ1) is 14.4. The number of benzene rings is 2. The summed E-state index contributed by atoms with van der Waals surface area (Å²) in [4.78, 5) is 27.6. The quantitative estimate of drug-likeness (QED) is 0.787. The van der Waals surface area contributed by atoms with Crippen LogP contribution in [0, 0.1) is 0 Å². The number of nitrogens with one attached hydrogen (secondary N) is 1. The van der Waals surface area contributed by atoms with Gasteiger partial charge in [0.2, 0.25) is 11.8 Å². The zero-order valence-corrected chi connectivity index (χ0v) is 17.5. The van der Waals surface area contributed by atoms with Gasteiger partial charge in [0, 0.05) is 23.7 Å². The summed E-state index contributed by atoms with van der Waals surface area (Å²) in [6.45, 7) is 2.06. The molecule has 1 atom stereocenters. The molecule has 0 radical (unpaired) electrons. The fourth-order valence-corrected chi connectivity index (χ4v) is 5.73. The second-order valence-corrected chi connectivity index (χ2v) is 9.86. The van der Waals surface area contributed by atoms with Crippen molar-refractivity contribution in [1.82, 2.24) is 10.2 Å². The van der Waals surface area contributed by atoms with Crippen LogP contribution in [0.3, 0.4) is 0 Å². The minimum Gasteiger partial charge on any atom is -0.457 e. The summed E-state index contributed by atoms with van der Waals surface area (Å²) in [6, 6.07) is 14.4. The molecule has 8 heteroatoms. The highest BCUT2D eigenvalue weighted by Crippen LogP contribution is 2.44. The smallest absolute Gasteiger partial charge is 0.239 e. The highest BCUT2D eigenvalue weighted by Gasteiger charge is 2.36. The highest BCUT2D eigenvalue weighted by atomic mass is 32.2. The summed E-state index contributed by atoms with van der Waals surface area (Å²) < 4.78 is 29.2. The van der Waals surface area contributed by atoms with E-state index >= 15 is 0 Å². The Kier molecular flexibility index (Phi) is 5.51. The van der Waals surface area contributed by atoms with Gasteiger partial charge in [-0.1, -0.05) is 36.4 Å². The maximum atomic E-state index is 13.5. The number of hydrogen-bond donors (Lipinski definition) is 1. The van der Waals surface area contributed by atoms with Crippen LogP contribution in [0.4, 0.5) is 0 Å². The molecule has 0 spiro atoms. The van der Waals surface area contributed by atoms with E-state index in [1.807, 2.05) is 55.5 Å². The van der Waals surface area contributed by atoms with Crippen LogP contribution in [-0.2, 0) is 19.4 Å². The fraction of sp³-hybridized carbons (Fsp3) is 0.364. The van der Waals surface area contributed by atoms with Crippen LogP contribution in [0.25, 0.3) is 0 Å². The summed E-state index contributed by atoms with van der Waals surface area (Å²) in [5.74, 6) is 0.211. The average molecular weight is 429 g/mol. The van der Waals surface area contributed by atoms with E-state index in [1.54, 1.807) is 0 Å². The number of carbonyl (C=O) groups is 2. The summed E-state index contributed by atoms with van der Waals surface area (Å²) >= 11 is 0. The van der Waals surface area contributed by atoms with Crippen molar-refractivity contribution in [3.05, 3.63) is 59.7 Å². The lowest BCUT2D eigenvalue weighted by molar-refractivity contribution is -0.136. The average Bonchev–Trinajstić information content (AvgIpc) is 3.07. The molecule has 2 amide bonds. The van der Waals surface area contributed by atoms with Gasteiger partial charge < -0.3 is 15.0 Å². The first-order valence-corrected chi connectivity index (χ1v) is 11.8. The molecule has 2 aromatic carbocycles. The van der Waals surface area contributed by atoms with Crippen molar-refractivity contribution in [3.63, 3.8) is 0 Å². The van der Waals surface area contributed by atoms with Gasteiger partial charge in [-0.05, 0) is 25.5 Å². The topological polar surface area (TPSA) is 92.8 Å². The maximum absolute atomic E-state index is 13.5. The Morgan fingerprint density at radius 3 is 2.20 bits per heavy atom. The van der Waals surface area contributed by atoms with Crippen molar-refractivity contribution >= 4 is 21.7 Å². The number of ether oxygens (including phenoxy) is 1. The zero-order chi connectivity index (χ0) is 21.3. The van der Waals surface area contributed by atoms with E-state index in [-0.39, 0.29) is 35.9 Å². The van der Waals surface area contributed by atoms with Crippen molar-refractivity contribution in [2.75, 3.05) is 24.6 Å². The SMILES string of the molecule is CCN(CC(=O)N[C@@H]1CCS(=O)(=O)C1)C(=O)C1c2ccccc2Oc2ccccc21. The van der Waals surface area contributed by atoms with Gasteiger partial charge in [0.25, 0.3) is 0 Å². The van der Waals surface area contributed by atoms with Crippen LogP contribution in [-0.4, -0.2) is 55.8 Å². The molecule has 1 saturated heterocycles. The second-order valence-electron chi connectivity index (χ2n) is 7.63. The Balaban J connectivity index is 1.55. The molecular weight excluding hydrogens is 404 g/mol. The molecule has 2 heterocycles. The molecule has 0 aliphatic carbocycles. The second kappa shape index (κ2) is 8.10. The lowest BCUT2D eigenvalue weighted by Crippen LogP contribution is -2.46. The number of rotatable bonds is 5. The minimum atomic E-state index is -3.08. The molecule has 0 unspecified atom stereocenters. The highest BCUT2D eigenvalue weighted by molar-refractivity contribution is 7.91. The van der Waals surface area contributed by atoms with Crippen molar-refractivity contribution in [1.29, 1.82) is 0 Å². The number of carbonyl (C=O) groups excluding carboxylic acids is 2. The van der Waals surface area contributed by atoms with Crippen LogP contribution < -0.4 is 10.1 Å². The van der Waals surface area contributed by atoms with Crippen molar-refractivity contribution in [3.8, 4) is 11.5 Å². The molecule has 0 bridgehead atoms. The number of fused-ring (bicyclic) bond motifs is 2. The zero-order valence-electron chi connectivity index (χ0n) is 16.7. The van der Waals surface area contributed by atoms with Gasteiger partial charge in [0.1, 0.15) is 11.5 Å². The van der Waals surface area contributed by atoms with E-state index in [9.17, 15) is 18.0 Å². The molecule has 4 rings (SSSR count). The van der Waals surface area contributed by atoms with E-state index in [2.05, 4.69) is 5.32 Å². The molecule has 0 saturated carbocycles. The molecular formula is C22H24N2O5S. The number of likely N-dealkylation sites (N-methyl/N-ethyl adjacent to an activating group) is 1. The van der Waals surface area contributed by atoms with Crippen molar-refractivity contribution < 1.29 is 22.7 Å². The molecule has 0 aromatic heterocycles. The minimum absolute atomic E-state index is 0.0421. The predicted molar refractivity (Wildman–Crippen MR) is 112 cm³/mol. The standard InChI is InChI=1S/C22H24N2O5S/c1-2-24(13-20(25)23-15-11-12-30(27,28)14-15)22(26)21-16-7-3-5-9-18(16)29-19-10-6-4-8-17(19)21/h3-10,15,21H,2,11-14H2,1H3,(H,23,25)/t15-/m1/s1. The predicted octanol–water partition coefficient (Wildman–Crippen LogP) is 2.08. The number of nitrogens with zero attached hydrogens (tertiary/aromatic N) is 1. The van der Waals surface area contributed by atoms with Crippen molar-refractivity contribution in [2.24, 2.45) is 0 Å². The number of para-hydroxylation sites is 2. The monoisotopic (exact) mass is 428 g/mol. The van der Waals surface area contributed by atoms with Crippen LogP contribution in [0.1, 0.15) is 30.4 Å². The molecule has 7 nitrogen and oxygen atoms in total. The lowest BCUT2D eigenvalue weighted by atomic mass is 9.87. The third kappa shape index (κ3) is 4.05. The largest absolute Gasteiger partial charge is 0.457 e. The molecule has 2 aromatic rings. The van der Waals surface area contributed by atoms with Crippen LogP contribution in [0.15, 0.2) is 48.5 Å². The van der Waals surface area contributed by atoms with Gasteiger partial charge in [-0.15, -0.1) is 0 Å². The molecule has 158 valence electrons. The van der Waals surface area contributed by atoms with E-state index < -0.39 is 15.8 Å². The normalized spacial score (nSPS) is 19.3. The van der Waals surface area contributed by atoms with E-state index in [0.29, 0.717) is 24.5 Å².